The van der Waals surface area contributed by atoms with Crippen molar-refractivity contribution in [1.82, 2.24) is 4.57 Å². The molecule has 1 aliphatic heterocycles. The van der Waals surface area contributed by atoms with Gasteiger partial charge in [0.15, 0.2) is 6.61 Å². The first-order valence-electron chi connectivity index (χ1n) is 9.69. The number of nitrogens with one attached hydrogen (secondary N) is 1. The van der Waals surface area contributed by atoms with Crippen LogP contribution >= 0.6 is 0 Å². The van der Waals surface area contributed by atoms with E-state index in [1.807, 2.05) is 19.9 Å². The number of anilines is 1. The Balaban J connectivity index is 1.63. The molecule has 1 amide bonds. The van der Waals surface area contributed by atoms with Gasteiger partial charge in [-0.2, -0.15) is 0 Å². The van der Waals surface area contributed by atoms with Gasteiger partial charge in [-0.25, -0.2) is 4.79 Å². The Bertz CT molecular complexity index is 945. The van der Waals surface area contributed by atoms with Crippen molar-refractivity contribution in [3.63, 3.8) is 0 Å². The molecule has 1 aromatic heterocycles. The van der Waals surface area contributed by atoms with Crippen LogP contribution in [0, 0.1) is 13.8 Å². The summed E-state index contributed by atoms with van der Waals surface area (Å²) in [5.74, 6) is -0.806. The van der Waals surface area contributed by atoms with Crippen LogP contribution in [-0.4, -0.2) is 42.6 Å². The number of amides is 1. The number of hydrogen-bond acceptors (Lipinski definition) is 5. The van der Waals surface area contributed by atoms with E-state index in [-0.39, 0.29) is 18.3 Å². The maximum Gasteiger partial charge on any atom is 0.338 e. The van der Waals surface area contributed by atoms with Crippen molar-refractivity contribution >= 4 is 23.3 Å². The van der Waals surface area contributed by atoms with E-state index in [1.165, 1.54) is 0 Å². The van der Waals surface area contributed by atoms with Crippen molar-refractivity contribution in [2.45, 2.75) is 39.7 Å². The Hall–Kier alpha value is -2.93. The lowest BCUT2D eigenvalue weighted by atomic mass is 10.0. The predicted octanol–water partition coefficient (Wildman–Crippen LogP) is 3.07. The molecule has 1 N–H and O–H groups in total. The third-order valence-electron chi connectivity index (χ3n) is 5.18. The monoisotopic (exact) mass is 398 g/mol. The number of ether oxygens (including phenoxy) is 2. The fourth-order valence-electron chi connectivity index (χ4n) is 3.60. The van der Waals surface area contributed by atoms with E-state index >= 15 is 0 Å². The molecule has 0 atom stereocenters. The zero-order valence-corrected chi connectivity index (χ0v) is 17.0. The average molecular weight is 398 g/mol. The van der Waals surface area contributed by atoms with Crippen LogP contribution in [0.25, 0.3) is 0 Å². The molecule has 154 valence electrons. The lowest BCUT2D eigenvalue weighted by molar-refractivity contribution is -0.116. The Morgan fingerprint density at radius 1 is 1.17 bits per heavy atom. The largest absolute Gasteiger partial charge is 0.454 e. The van der Waals surface area contributed by atoms with Crippen LogP contribution in [0.3, 0.4) is 0 Å². The minimum atomic E-state index is -0.549. The number of benzene rings is 1. The molecular formula is C22H26N2O5. The Labute approximate surface area is 170 Å². The summed E-state index contributed by atoms with van der Waals surface area (Å²) in [5, 5.41) is 2.77. The van der Waals surface area contributed by atoms with Crippen LogP contribution in [0.1, 0.15) is 50.5 Å². The highest BCUT2D eigenvalue weighted by Gasteiger charge is 2.20. The molecular weight excluding hydrogens is 372 g/mol. The second-order valence-electron chi connectivity index (χ2n) is 7.20. The van der Waals surface area contributed by atoms with Crippen molar-refractivity contribution in [1.29, 1.82) is 0 Å². The summed E-state index contributed by atoms with van der Waals surface area (Å²) in [4.78, 5) is 36.4. The molecule has 2 aromatic rings. The zero-order chi connectivity index (χ0) is 21.0. The highest BCUT2D eigenvalue weighted by molar-refractivity contribution is 6.01. The van der Waals surface area contributed by atoms with Crippen molar-refractivity contribution in [3.8, 4) is 0 Å². The number of carbonyl (C=O) groups is 3. The molecule has 0 saturated carbocycles. The normalized spacial score (nSPS) is 13.0. The molecule has 3 rings (SSSR count). The Morgan fingerprint density at radius 3 is 2.72 bits per heavy atom. The predicted molar refractivity (Wildman–Crippen MR) is 108 cm³/mol. The summed E-state index contributed by atoms with van der Waals surface area (Å²) in [6.07, 6.45) is 1.83. The number of fused-ring (bicyclic) bond motifs is 1. The lowest BCUT2D eigenvalue weighted by Crippen LogP contribution is -2.20. The Morgan fingerprint density at radius 2 is 1.97 bits per heavy atom. The molecule has 0 unspecified atom stereocenters. The van der Waals surface area contributed by atoms with E-state index in [9.17, 15) is 14.4 Å². The zero-order valence-electron chi connectivity index (χ0n) is 17.0. The third-order valence-corrected chi connectivity index (χ3v) is 5.18. The average Bonchev–Trinajstić information content (AvgIpc) is 2.99. The van der Waals surface area contributed by atoms with E-state index in [0.717, 1.165) is 35.6 Å². The highest BCUT2D eigenvalue weighted by Crippen LogP contribution is 2.24. The molecule has 0 fully saturated rings. The quantitative estimate of drug-likeness (QED) is 0.420. The molecule has 29 heavy (non-hydrogen) atoms. The van der Waals surface area contributed by atoms with Gasteiger partial charge in [0.05, 0.1) is 5.56 Å². The number of aryl methyl sites for hydroxylation is 2. The van der Waals surface area contributed by atoms with Gasteiger partial charge in [-0.3, -0.25) is 9.59 Å². The molecule has 7 heteroatoms. The van der Waals surface area contributed by atoms with E-state index in [2.05, 4.69) is 9.88 Å². The standard InChI is InChI=1S/C22H26N2O5/c1-14-11-18(15(2)24(14)9-4-10-28-3)20(25)13-29-22(27)17-5-7-19-16(12-17)6-8-21(26)23-19/h5,7,11-12H,4,6,8-10,13H2,1-3H3,(H,23,26). The SMILES string of the molecule is COCCCn1c(C)cc(C(=O)COC(=O)c2ccc3c(c2)CCC(=O)N3)c1C. The van der Waals surface area contributed by atoms with Gasteiger partial charge < -0.3 is 19.4 Å². The fraction of sp³-hybridized carbons (Fsp3) is 0.409. The van der Waals surface area contributed by atoms with Crippen LogP contribution < -0.4 is 5.32 Å². The number of carbonyl (C=O) groups excluding carboxylic acids is 3. The molecule has 0 radical (unpaired) electrons. The van der Waals surface area contributed by atoms with Crippen LogP contribution in [-0.2, 0) is 27.2 Å². The lowest BCUT2D eigenvalue weighted by Gasteiger charge is -2.17. The molecule has 0 aliphatic carbocycles. The smallest absolute Gasteiger partial charge is 0.338 e. The summed E-state index contributed by atoms with van der Waals surface area (Å²) >= 11 is 0. The number of nitrogens with zero attached hydrogens (tertiary/aromatic N) is 1. The number of aromatic nitrogens is 1. The number of esters is 1. The summed E-state index contributed by atoms with van der Waals surface area (Å²) in [7, 11) is 1.66. The van der Waals surface area contributed by atoms with Crippen LogP contribution in [0.5, 0.6) is 0 Å². The van der Waals surface area contributed by atoms with E-state index in [1.54, 1.807) is 25.3 Å². The second-order valence-corrected chi connectivity index (χ2v) is 7.20. The minimum absolute atomic E-state index is 0.0294. The number of rotatable bonds is 8. The van der Waals surface area contributed by atoms with Crippen molar-refractivity contribution in [2.75, 3.05) is 25.6 Å². The molecule has 7 nitrogen and oxygen atoms in total. The van der Waals surface area contributed by atoms with Crippen molar-refractivity contribution < 1.29 is 23.9 Å². The Kier molecular flexibility index (Phi) is 6.49. The van der Waals surface area contributed by atoms with Gasteiger partial charge in [0.2, 0.25) is 11.7 Å². The molecule has 0 bridgehead atoms. The van der Waals surface area contributed by atoms with Crippen molar-refractivity contribution in [2.24, 2.45) is 0 Å². The van der Waals surface area contributed by atoms with E-state index in [0.29, 0.717) is 30.6 Å². The topological polar surface area (TPSA) is 86.6 Å². The number of ketones is 1. The molecule has 1 aromatic carbocycles. The highest BCUT2D eigenvalue weighted by atomic mass is 16.5. The second kappa shape index (κ2) is 9.05. The van der Waals surface area contributed by atoms with Crippen LogP contribution in [0.4, 0.5) is 5.69 Å². The van der Waals surface area contributed by atoms with Gasteiger partial charge in [0.25, 0.3) is 0 Å². The molecule has 1 aliphatic rings. The first-order chi connectivity index (χ1) is 13.9. The number of hydrogen-bond donors (Lipinski definition) is 1. The first kappa shape index (κ1) is 20.8. The van der Waals surface area contributed by atoms with Gasteiger partial charge in [-0.05, 0) is 56.5 Å². The molecule has 2 heterocycles. The fourth-order valence-corrected chi connectivity index (χ4v) is 3.60. The molecule has 0 spiro atoms. The maximum atomic E-state index is 12.6. The van der Waals surface area contributed by atoms with Gasteiger partial charge in [0.1, 0.15) is 0 Å². The third kappa shape index (κ3) is 4.74. The van der Waals surface area contributed by atoms with E-state index < -0.39 is 5.97 Å². The summed E-state index contributed by atoms with van der Waals surface area (Å²) in [6.45, 7) is 4.96. The summed E-state index contributed by atoms with van der Waals surface area (Å²) < 4.78 is 12.4. The minimum Gasteiger partial charge on any atom is -0.454 e. The van der Waals surface area contributed by atoms with Crippen LogP contribution in [0.2, 0.25) is 0 Å². The summed E-state index contributed by atoms with van der Waals surface area (Å²) in [6, 6.07) is 6.83. The summed E-state index contributed by atoms with van der Waals surface area (Å²) in [5.41, 5.74) is 4.41. The van der Waals surface area contributed by atoms with Crippen LogP contribution in [0.15, 0.2) is 24.3 Å². The van der Waals surface area contributed by atoms with E-state index in [4.69, 9.17) is 9.47 Å². The maximum absolute atomic E-state index is 12.6. The van der Waals surface area contributed by atoms with Crippen molar-refractivity contribution in [3.05, 3.63) is 52.3 Å². The first-order valence-corrected chi connectivity index (χ1v) is 9.69. The molecule has 0 saturated heterocycles. The van der Waals surface area contributed by atoms with Gasteiger partial charge in [-0.1, -0.05) is 0 Å². The van der Waals surface area contributed by atoms with Gasteiger partial charge in [0, 0.05) is 49.3 Å². The number of Topliss-reactive ketones (excluding diaryl/α,β-unsaturated/α-hetero) is 1. The van der Waals surface area contributed by atoms with Gasteiger partial charge in [-0.15, -0.1) is 0 Å². The number of methoxy groups -OCH3 is 1. The van der Waals surface area contributed by atoms with Gasteiger partial charge >= 0.3 is 5.97 Å².